The van der Waals surface area contributed by atoms with Gasteiger partial charge in [-0.25, -0.2) is 4.98 Å². The summed E-state index contributed by atoms with van der Waals surface area (Å²) in [6.45, 7) is 0.503. The SMILES string of the molecule is O=c1c2ccccc2[nH]c(=S)n1CCc1cn2ccccc2n1. The number of para-hydroxylation sites is 1. The molecule has 6 heteroatoms. The molecule has 114 valence electrons. The van der Waals surface area contributed by atoms with Crippen molar-refractivity contribution in [3.05, 3.63) is 75.7 Å². The fourth-order valence-corrected chi connectivity index (χ4v) is 3.02. The van der Waals surface area contributed by atoms with E-state index in [1.807, 2.05) is 59.3 Å². The van der Waals surface area contributed by atoms with Gasteiger partial charge < -0.3 is 9.38 Å². The van der Waals surface area contributed by atoms with Crippen LogP contribution in [-0.2, 0) is 13.0 Å². The first-order valence-corrected chi connectivity index (χ1v) is 7.78. The molecule has 4 aromatic rings. The Labute approximate surface area is 136 Å². The Hall–Kier alpha value is -2.73. The quantitative estimate of drug-likeness (QED) is 0.590. The Balaban J connectivity index is 1.70. The minimum atomic E-state index is -0.0619. The summed E-state index contributed by atoms with van der Waals surface area (Å²) in [7, 11) is 0. The monoisotopic (exact) mass is 322 g/mol. The first-order valence-electron chi connectivity index (χ1n) is 7.37. The maximum absolute atomic E-state index is 12.6. The Bertz CT molecular complexity index is 1090. The van der Waals surface area contributed by atoms with Crippen LogP contribution in [0, 0.1) is 4.77 Å². The van der Waals surface area contributed by atoms with Crippen LogP contribution < -0.4 is 5.56 Å². The zero-order valence-corrected chi connectivity index (χ0v) is 13.1. The maximum Gasteiger partial charge on any atom is 0.262 e. The summed E-state index contributed by atoms with van der Waals surface area (Å²) in [5.41, 5.74) is 2.55. The van der Waals surface area contributed by atoms with Crippen LogP contribution in [0.4, 0.5) is 0 Å². The molecular formula is C17H14N4OS. The van der Waals surface area contributed by atoms with E-state index in [1.165, 1.54) is 0 Å². The standard InChI is InChI=1S/C17H14N4OS/c22-16-13-5-1-2-6-14(13)19-17(23)21(16)10-8-12-11-20-9-4-3-7-15(20)18-12/h1-7,9,11H,8,10H2,(H,19,23). The van der Waals surface area contributed by atoms with Crippen LogP contribution in [0.25, 0.3) is 16.6 Å². The highest BCUT2D eigenvalue weighted by Gasteiger charge is 2.07. The number of hydrogen-bond acceptors (Lipinski definition) is 3. The number of aromatic nitrogens is 4. The lowest BCUT2D eigenvalue weighted by Crippen LogP contribution is -2.23. The van der Waals surface area contributed by atoms with Crippen molar-refractivity contribution < 1.29 is 0 Å². The van der Waals surface area contributed by atoms with Gasteiger partial charge in [0.15, 0.2) is 4.77 Å². The Morgan fingerprint density at radius 1 is 1.13 bits per heavy atom. The second-order valence-electron chi connectivity index (χ2n) is 5.38. The molecule has 1 N–H and O–H groups in total. The number of imidazole rings is 1. The van der Waals surface area contributed by atoms with E-state index in [0.29, 0.717) is 23.1 Å². The van der Waals surface area contributed by atoms with Crippen molar-refractivity contribution >= 4 is 28.8 Å². The average Bonchev–Trinajstić information content (AvgIpc) is 2.97. The molecule has 0 aliphatic rings. The molecule has 1 aromatic carbocycles. The predicted octanol–water partition coefficient (Wildman–Crippen LogP) is 2.95. The lowest BCUT2D eigenvalue weighted by Gasteiger charge is -2.06. The molecule has 0 aliphatic heterocycles. The number of aryl methyl sites for hydroxylation is 1. The minimum Gasteiger partial charge on any atom is -0.332 e. The number of nitrogens with one attached hydrogen (secondary N) is 1. The van der Waals surface area contributed by atoms with Crippen molar-refractivity contribution in [1.82, 2.24) is 18.9 Å². The largest absolute Gasteiger partial charge is 0.332 e. The molecule has 0 saturated heterocycles. The molecular weight excluding hydrogens is 308 g/mol. The highest BCUT2D eigenvalue weighted by Crippen LogP contribution is 2.08. The van der Waals surface area contributed by atoms with Crippen molar-refractivity contribution in [2.45, 2.75) is 13.0 Å². The Kier molecular flexibility index (Phi) is 3.31. The van der Waals surface area contributed by atoms with Gasteiger partial charge in [0.2, 0.25) is 0 Å². The third kappa shape index (κ3) is 2.47. The van der Waals surface area contributed by atoms with E-state index in [2.05, 4.69) is 9.97 Å². The van der Waals surface area contributed by atoms with Gasteiger partial charge in [0.1, 0.15) is 5.65 Å². The molecule has 3 heterocycles. The van der Waals surface area contributed by atoms with Crippen LogP contribution in [0.2, 0.25) is 0 Å². The fraction of sp³-hybridized carbons (Fsp3) is 0.118. The van der Waals surface area contributed by atoms with Crippen LogP contribution in [0.15, 0.2) is 59.7 Å². The molecule has 0 bridgehead atoms. The van der Waals surface area contributed by atoms with Crippen LogP contribution in [0.1, 0.15) is 5.69 Å². The molecule has 0 spiro atoms. The van der Waals surface area contributed by atoms with Gasteiger partial charge in [-0.1, -0.05) is 18.2 Å². The number of aromatic amines is 1. The van der Waals surface area contributed by atoms with Crippen LogP contribution in [0.5, 0.6) is 0 Å². The van der Waals surface area contributed by atoms with Gasteiger partial charge in [0, 0.05) is 25.4 Å². The van der Waals surface area contributed by atoms with E-state index in [0.717, 1.165) is 16.9 Å². The minimum absolute atomic E-state index is 0.0619. The normalized spacial score (nSPS) is 11.3. The summed E-state index contributed by atoms with van der Waals surface area (Å²) in [5.74, 6) is 0. The molecule has 23 heavy (non-hydrogen) atoms. The van der Waals surface area contributed by atoms with Crippen molar-refractivity contribution in [3.8, 4) is 0 Å². The van der Waals surface area contributed by atoms with Gasteiger partial charge in [0.05, 0.1) is 16.6 Å². The van der Waals surface area contributed by atoms with Gasteiger partial charge in [-0.2, -0.15) is 0 Å². The summed E-state index contributed by atoms with van der Waals surface area (Å²) < 4.78 is 4.01. The highest BCUT2D eigenvalue weighted by atomic mass is 32.1. The number of H-pyrrole nitrogens is 1. The van der Waals surface area contributed by atoms with E-state index >= 15 is 0 Å². The predicted molar refractivity (Wildman–Crippen MR) is 92.3 cm³/mol. The number of nitrogens with zero attached hydrogens (tertiary/aromatic N) is 3. The number of benzene rings is 1. The van der Waals surface area contributed by atoms with Crippen molar-refractivity contribution in [1.29, 1.82) is 0 Å². The second-order valence-corrected chi connectivity index (χ2v) is 5.77. The molecule has 0 fully saturated rings. The Morgan fingerprint density at radius 3 is 2.83 bits per heavy atom. The van der Waals surface area contributed by atoms with E-state index in [9.17, 15) is 4.79 Å². The zero-order chi connectivity index (χ0) is 15.8. The molecule has 0 atom stereocenters. The summed E-state index contributed by atoms with van der Waals surface area (Å²) in [6, 6.07) is 13.3. The third-order valence-electron chi connectivity index (χ3n) is 3.89. The maximum atomic E-state index is 12.6. The third-order valence-corrected chi connectivity index (χ3v) is 4.22. The highest BCUT2D eigenvalue weighted by molar-refractivity contribution is 7.71. The zero-order valence-electron chi connectivity index (χ0n) is 12.3. The summed E-state index contributed by atoms with van der Waals surface area (Å²) in [5, 5.41) is 0.649. The van der Waals surface area contributed by atoms with Gasteiger partial charge in [0.25, 0.3) is 5.56 Å². The molecule has 5 nitrogen and oxygen atoms in total. The number of hydrogen-bond donors (Lipinski definition) is 1. The lowest BCUT2D eigenvalue weighted by atomic mass is 10.2. The first kappa shape index (κ1) is 13.9. The van der Waals surface area contributed by atoms with Crippen molar-refractivity contribution in [3.63, 3.8) is 0 Å². The summed E-state index contributed by atoms with van der Waals surface area (Å²) in [4.78, 5) is 20.3. The second kappa shape index (κ2) is 5.48. The molecule has 3 aromatic heterocycles. The van der Waals surface area contributed by atoms with Gasteiger partial charge in [-0.15, -0.1) is 0 Å². The van der Waals surface area contributed by atoms with E-state index in [1.54, 1.807) is 4.57 Å². The lowest BCUT2D eigenvalue weighted by molar-refractivity contribution is 0.646. The van der Waals surface area contributed by atoms with Gasteiger partial charge in [-0.05, 0) is 36.5 Å². The van der Waals surface area contributed by atoms with Gasteiger partial charge >= 0.3 is 0 Å². The molecule has 4 rings (SSSR count). The van der Waals surface area contributed by atoms with E-state index in [-0.39, 0.29) is 5.56 Å². The van der Waals surface area contributed by atoms with Crippen LogP contribution in [0.3, 0.4) is 0 Å². The molecule has 0 unspecified atom stereocenters. The Morgan fingerprint density at radius 2 is 1.96 bits per heavy atom. The summed E-state index contributed by atoms with van der Waals surface area (Å²) >= 11 is 5.33. The average molecular weight is 322 g/mol. The smallest absolute Gasteiger partial charge is 0.262 e. The fourth-order valence-electron chi connectivity index (χ4n) is 2.74. The van der Waals surface area contributed by atoms with E-state index in [4.69, 9.17) is 12.2 Å². The van der Waals surface area contributed by atoms with Crippen LogP contribution in [-0.4, -0.2) is 18.9 Å². The van der Waals surface area contributed by atoms with Gasteiger partial charge in [-0.3, -0.25) is 9.36 Å². The molecule has 0 amide bonds. The molecule has 0 radical (unpaired) electrons. The molecule has 0 saturated carbocycles. The number of pyridine rings is 1. The first-order chi connectivity index (χ1) is 11.2. The summed E-state index contributed by atoms with van der Waals surface area (Å²) in [6.07, 6.45) is 4.59. The van der Waals surface area contributed by atoms with Crippen LogP contribution >= 0.6 is 12.2 Å². The topological polar surface area (TPSA) is 55.1 Å². The molecule has 0 aliphatic carbocycles. The van der Waals surface area contributed by atoms with Crippen molar-refractivity contribution in [2.24, 2.45) is 0 Å². The van der Waals surface area contributed by atoms with E-state index < -0.39 is 0 Å². The van der Waals surface area contributed by atoms with Crippen molar-refractivity contribution in [2.75, 3.05) is 0 Å². The number of rotatable bonds is 3. The number of fused-ring (bicyclic) bond motifs is 2.